The van der Waals surface area contributed by atoms with Crippen LogP contribution in [0.25, 0.3) is 22.2 Å². The van der Waals surface area contributed by atoms with Gasteiger partial charge in [-0.3, -0.25) is 0 Å². The van der Waals surface area contributed by atoms with E-state index in [2.05, 4.69) is 4.98 Å². The molecule has 1 heterocycles. The van der Waals surface area contributed by atoms with Gasteiger partial charge in [-0.2, -0.15) is 0 Å². The van der Waals surface area contributed by atoms with Crippen molar-refractivity contribution in [3.8, 4) is 17.0 Å². The second-order valence-corrected chi connectivity index (χ2v) is 5.30. The largest absolute Gasteiger partial charge is 0.496 e. The number of fused-ring (bicyclic) bond motifs is 1. The van der Waals surface area contributed by atoms with Crippen molar-refractivity contribution in [2.45, 2.75) is 0 Å². The van der Waals surface area contributed by atoms with Crippen LogP contribution in [0.15, 0.2) is 42.5 Å². The van der Waals surface area contributed by atoms with Crippen molar-refractivity contribution in [1.82, 2.24) is 4.98 Å². The molecule has 3 rings (SSSR count). The number of carboxylic acid groups (broad SMARTS) is 1. The summed E-state index contributed by atoms with van der Waals surface area (Å²) in [4.78, 5) is 16.0. The molecule has 4 nitrogen and oxygen atoms in total. The lowest BCUT2D eigenvalue weighted by Gasteiger charge is -2.11. The predicted octanol–water partition coefficient (Wildman–Crippen LogP) is 4.40. The highest BCUT2D eigenvalue weighted by atomic mass is 35.5. The first kappa shape index (κ1) is 15.2. The van der Waals surface area contributed by atoms with Gasteiger partial charge in [0.2, 0.25) is 0 Å². The highest BCUT2D eigenvalue weighted by Crippen LogP contribution is 2.32. The zero-order valence-corrected chi connectivity index (χ0v) is 12.8. The van der Waals surface area contributed by atoms with E-state index < -0.39 is 11.8 Å². The van der Waals surface area contributed by atoms with Gasteiger partial charge in [-0.05, 0) is 42.5 Å². The van der Waals surface area contributed by atoms with Gasteiger partial charge in [-0.1, -0.05) is 11.6 Å². The van der Waals surface area contributed by atoms with Gasteiger partial charge in [-0.25, -0.2) is 14.2 Å². The summed E-state index contributed by atoms with van der Waals surface area (Å²) in [5.74, 6) is -1.17. The van der Waals surface area contributed by atoms with Gasteiger partial charge in [0, 0.05) is 16.0 Å². The first-order chi connectivity index (χ1) is 11.0. The van der Waals surface area contributed by atoms with E-state index in [1.807, 2.05) is 0 Å². The Morgan fingerprint density at radius 3 is 2.70 bits per heavy atom. The number of aromatic carboxylic acids is 1. The molecule has 1 N–H and O–H groups in total. The number of ether oxygens (including phenoxy) is 1. The molecule has 0 saturated carbocycles. The van der Waals surface area contributed by atoms with Gasteiger partial charge >= 0.3 is 5.97 Å². The summed E-state index contributed by atoms with van der Waals surface area (Å²) in [7, 11) is 1.45. The highest BCUT2D eigenvalue weighted by molar-refractivity contribution is 6.31. The quantitative estimate of drug-likeness (QED) is 0.772. The number of rotatable bonds is 3. The van der Waals surface area contributed by atoms with Crippen LogP contribution in [-0.2, 0) is 0 Å². The molecule has 1 aromatic heterocycles. The fraction of sp³-hybridized carbons (Fsp3) is 0.0588. The van der Waals surface area contributed by atoms with Crippen LogP contribution in [0.2, 0.25) is 5.02 Å². The van der Waals surface area contributed by atoms with Gasteiger partial charge < -0.3 is 9.84 Å². The van der Waals surface area contributed by atoms with Crippen LogP contribution in [0.3, 0.4) is 0 Å². The zero-order valence-electron chi connectivity index (χ0n) is 12.0. The minimum atomic E-state index is -1.11. The van der Waals surface area contributed by atoms with Crippen LogP contribution in [0.1, 0.15) is 10.4 Å². The number of hydrogen-bond donors (Lipinski definition) is 1. The van der Waals surface area contributed by atoms with Crippen molar-refractivity contribution in [2.75, 3.05) is 7.11 Å². The molecule has 0 aliphatic heterocycles. The number of carbonyl (C=O) groups is 1. The molecule has 3 aromatic rings. The van der Waals surface area contributed by atoms with Crippen LogP contribution in [0.4, 0.5) is 4.39 Å². The molecular weight excluding hydrogens is 321 g/mol. The summed E-state index contributed by atoms with van der Waals surface area (Å²) in [6.45, 7) is 0. The Kier molecular flexibility index (Phi) is 3.88. The van der Waals surface area contributed by atoms with Crippen molar-refractivity contribution >= 4 is 28.5 Å². The average molecular weight is 332 g/mol. The molecule has 0 atom stereocenters. The molecule has 0 fully saturated rings. The van der Waals surface area contributed by atoms with E-state index in [-0.39, 0.29) is 5.56 Å². The van der Waals surface area contributed by atoms with E-state index in [0.717, 1.165) is 0 Å². The molecule has 116 valence electrons. The fourth-order valence-corrected chi connectivity index (χ4v) is 2.57. The van der Waals surface area contributed by atoms with Crippen molar-refractivity contribution < 1.29 is 19.0 Å². The van der Waals surface area contributed by atoms with E-state index in [0.29, 0.717) is 32.9 Å². The molecule has 23 heavy (non-hydrogen) atoms. The minimum Gasteiger partial charge on any atom is -0.496 e. The molecule has 0 bridgehead atoms. The summed E-state index contributed by atoms with van der Waals surface area (Å²) >= 11 is 5.93. The zero-order chi connectivity index (χ0) is 16.6. The predicted molar refractivity (Wildman–Crippen MR) is 85.7 cm³/mol. The molecular formula is C17H11ClFNO3. The maximum atomic E-state index is 13.6. The third kappa shape index (κ3) is 2.83. The van der Waals surface area contributed by atoms with Gasteiger partial charge in [-0.15, -0.1) is 0 Å². The topological polar surface area (TPSA) is 59.4 Å². The van der Waals surface area contributed by atoms with E-state index in [9.17, 15) is 14.3 Å². The normalized spacial score (nSPS) is 10.7. The highest BCUT2D eigenvalue weighted by Gasteiger charge is 2.16. The Morgan fingerprint density at radius 1 is 1.22 bits per heavy atom. The Balaban J connectivity index is 2.33. The second-order valence-electron chi connectivity index (χ2n) is 4.87. The van der Waals surface area contributed by atoms with Gasteiger partial charge in [0.15, 0.2) is 0 Å². The van der Waals surface area contributed by atoms with Crippen LogP contribution in [-0.4, -0.2) is 23.2 Å². The molecule has 0 saturated heterocycles. The van der Waals surface area contributed by atoms with Crippen LogP contribution in [0, 0.1) is 5.82 Å². The summed E-state index contributed by atoms with van der Waals surface area (Å²) in [6, 6.07) is 10.2. The van der Waals surface area contributed by atoms with Crippen molar-refractivity contribution in [2.24, 2.45) is 0 Å². The number of pyridine rings is 1. The lowest BCUT2D eigenvalue weighted by molar-refractivity contribution is 0.0699. The Morgan fingerprint density at radius 2 is 2.00 bits per heavy atom. The van der Waals surface area contributed by atoms with Crippen LogP contribution in [0.5, 0.6) is 5.75 Å². The standard InChI is InChI=1S/C17H11ClFNO3/c1-23-16-5-3-10(19)7-13(16)15-8-12(17(21)22)11-6-9(18)2-4-14(11)20-15/h2-8H,1H3,(H,21,22). The summed E-state index contributed by atoms with van der Waals surface area (Å²) in [5.41, 5.74) is 1.19. The maximum absolute atomic E-state index is 13.6. The minimum absolute atomic E-state index is 0.0406. The molecule has 6 heteroatoms. The number of benzene rings is 2. The van der Waals surface area contributed by atoms with Crippen LogP contribution < -0.4 is 4.74 Å². The lowest BCUT2D eigenvalue weighted by Crippen LogP contribution is -2.01. The SMILES string of the molecule is COc1ccc(F)cc1-c1cc(C(=O)O)c2cc(Cl)ccc2n1. The van der Waals surface area contributed by atoms with Gasteiger partial charge in [0.1, 0.15) is 11.6 Å². The summed E-state index contributed by atoms with van der Waals surface area (Å²) < 4.78 is 18.8. The number of aromatic nitrogens is 1. The third-order valence-electron chi connectivity index (χ3n) is 3.44. The summed E-state index contributed by atoms with van der Waals surface area (Å²) in [6.07, 6.45) is 0. The third-order valence-corrected chi connectivity index (χ3v) is 3.67. The average Bonchev–Trinajstić information content (AvgIpc) is 2.53. The van der Waals surface area contributed by atoms with E-state index >= 15 is 0 Å². The number of carboxylic acids is 1. The lowest BCUT2D eigenvalue weighted by atomic mass is 10.0. The Labute approximate surface area is 136 Å². The Hall–Kier alpha value is -2.66. The number of methoxy groups -OCH3 is 1. The van der Waals surface area contributed by atoms with Crippen molar-refractivity contribution in [3.63, 3.8) is 0 Å². The fourth-order valence-electron chi connectivity index (χ4n) is 2.39. The Bertz CT molecular complexity index is 927. The molecule has 0 aliphatic carbocycles. The van der Waals surface area contributed by atoms with E-state index in [1.165, 1.54) is 31.4 Å². The second kappa shape index (κ2) is 5.85. The molecule has 0 spiro atoms. The first-order valence-electron chi connectivity index (χ1n) is 6.67. The van der Waals surface area contributed by atoms with Crippen LogP contribution >= 0.6 is 11.6 Å². The van der Waals surface area contributed by atoms with Gasteiger partial charge in [0.05, 0.1) is 23.9 Å². The summed E-state index contributed by atoms with van der Waals surface area (Å²) in [5, 5.41) is 10.3. The molecule has 2 aromatic carbocycles. The van der Waals surface area contributed by atoms with Gasteiger partial charge in [0.25, 0.3) is 0 Å². The number of nitrogens with zero attached hydrogens (tertiary/aromatic N) is 1. The molecule has 0 aliphatic rings. The smallest absolute Gasteiger partial charge is 0.336 e. The van der Waals surface area contributed by atoms with Crippen molar-refractivity contribution in [1.29, 1.82) is 0 Å². The first-order valence-corrected chi connectivity index (χ1v) is 7.05. The number of hydrogen-bond acceptors (Lipinski definition) is 3. The molecule has 0 radical (unpaired) electrons. The number of halogens is 2. The molecule has 0 amide bonds. The molecule has 0 unspecified atom stereocenters. The maximum Gasteiger partial charge on any atom is 0.336 e. The van der Waals surface area contributed by atoms with E-state index in [1.54, 1.807) is 18.2 Å². The van der Waals surface area contributed by atoms with Crippen molar-refractivity contribution in [3.05, 3.63) is 58.9 Å². The monoisotopic (exact) mass is 331 g/mol. The van der Waals surface area contributed by atoms with E-state index in [4.69, 9.17) is 16.3 Å².